The van der Waals surface area contributed by atoms with Crippen molar-refractivity contribution in [3.8, 4) is 34.5 Å². The van der Waals surface area contributed by atoms with Crippen LogP contribution in [0.3, 0.4) is 0 Å². The SMILES string of the molecule is N#Cc1cccc(C#N)c1-c1c(-c2cccc(C3CCC4(C(=O)O)CCCC3C4)c2)n(S(=O)(=O)c2ccc(C(F)F)cc2)c2ccc(F)cc12. The zero-order chi connectivity index (χ0) is 35.4. The van der Waals surface area contributed by atoms with Crippen molar-refractivity contribution in [1.29, 1.82) is 10.5 Å². The van der Waals surface area contributed by atoms with E-state index in [1.165, 1.54) is 24.3 Å². The summed E-state index contributed by atoms with van der Waals surface area (Å²) in [6, 6.07) is 23.8. The molecule has 4 aromatic carbocycles. The second kappa shape index (κ2) is 12.5. The highest BCUT2D eigenvalue weighted by Gasteiger charge is 2.48. The van der Waals surface area contributed by atoms with Crippen LogP contribution in [0.15, 0.2) is 89.8 Å². The van der Waals surface area contributed by atoms with Crippen molar-refractivity contribution >= 4 is 26.9 Å². The fourth-order valence-electron chi connectivity index (χ4n) is 8.20. The number of rotatable bonds is 7. The zero-order valence-corrected chi connectivity index (χ0v) is 27.4. The molecule has 1 N–H and O–H groups in total. The first kappa shape index (κ1) is 33.1. The molecule has 0 aliphatic heterocycles. The largest absolute Gasteiger partial charge is 0.481 e. The van der Waals surface area contributed by atoms with Gasteiger partial charge in [0.2, 0.25) is 0 Å². The van der Waals surface area contributed by atoms with Crippen LogP contribution in [-0.2, 0) is 14.8 Å². The fourth-order valence-corrected chi connectivity index (χ4v) is 9.75. The monoisotopic (exact) mass is 693 g/mol. The molecule has 2 bridgehead atoms. The highest BCUT2D eigenvalue weighted by molar-refractivity contribution is 7.90. The summed E-state index contributed by atoms with van der Waals surface area (Å²) in [4.78, 5) is 12.0. The van der Waals surface area contributed by atoms with Crippen molar-refractivity contribution in [2.75, 3.05) is 0 Å². The topological polar surface area (TPSA) is 124 Å². The van der Waals surface area contributed by atoms with E-state index >= 15 is 4.39 Å². The third-order valence-corrected chi connectivity index (χ3v) is 12.3. The van der Waals surface area contributed by atoms with Crippen LogP contribution in [-0.4, -0.2) is 23.5 Å². The molecule has 0 radical (unpaired) electrons. The van der Waals surface area contributed by atoms with Crippen LogP contribution in [0.5, 0.6) is 0 Å². The number of hydrogen-bond donors (Lipinski definition) is 1. The number of aliphatic carboxylic acids is 1. The zero-order valence-electron chi connectivity index (χ0n) is 26.6. The molecule has 2 saturated carbocycles. The Hall–Kier alpha value is -5.39. The number of benzene rings is 4. The molecule has 50 heavy (non-hydrogen) atoms. The van der Waals surface area contributed by atoms with E-state index in [0.717, 1.165) is 58.8 Å². The van der Waals surface area contributed by atoms with E-state index in [4.69, 9.17) is 0 Å². The predicted octanol–water partition coefficient (Wildman–Crippen LogP) is 9.17. The van der Waals surface area contributed by atoms with Crippen LogP contribution < -0.4 is 0 Å². The van der Waals surface area contributed by atoms with E-state index in [9.17, 15) is 37.6 Å². The van der Waals surface area contributed by atoms with Crippen LogP contribution >= 0.6 is 0 Å². The number of aromatic nitrogens is 1. The highest BCUT2D eigenvalue weighted by atomic mass is 32.2. The van der Waals surface area contributed by atoms with Gasteiger partial charge in [0, 0.05) is 27.6 Å². The standard InChI is InChI=1S/C39H30F3N3O4S/c40-29-11-14-33-32(19-29)35(34-27(21-43)6-2-7-28(34)22-44)36(45(33)50(48,49)30-12-9-23(10-13-30)37(41)42)25-5-1-4-24(18-25)31-15-17-39(38(46)47)16-3-8-26(31)20-39/h1-2,4-7,9-14,18-19,26,31,37H,3,8,15-17,20H2,(H,46,47). The average Bonchev–Trinajstić information content (AvgIpc) is 3.46. The Morgan fingerprint density at radius 1 is 0.900 bits per heavy atom. The summed E-state index contributed by atoms with van der Waals surface area (Å²) in [6.07, 6.45) is 1.17. The van der Waals surface area contributed by atoms with Gasteiger partial charge in [-0.05, 0) is 98.0 Å². The van der Waals surface area contributed by atoms with Gasteiger partial charge in [-0.1, -0.05) is 42.8 Å². The van der Waals surface area contributed by atoms with Gasteiger partial charge in [0.1, 0.15) is 5.82 Å². The van der Waals surface area contributed by atoms with E-state index < -0.39 is 33.7 Å². The number of carboxylic acids is 1. The average molecular weight is 694 g/mol. The first-order valence-electron chi connectivity index (χ1n) is 16.2. The lowest BCUT2D eigenvalue weighted by molar-refractivity contribution is -0.155. The van der Waals surface area contributed by atoms with Crippen molar-refractivity contribution in [2.24, 2.45) is 11.3 Å². The molecule has 3 atom stereocenters. The second-order valence-corrected chi connectivity index (χ2v) is 15.0. The minimum Gasteiger partial charge on any atom is -0.481 e. The van der Waals surface area contributed by atoms with Crippen LogP contribution in [0, 0.1) is 39.8 Å². The first-order chi connectivity index (χ1) is 24.0. The lowest BCUT2D eigenvalue weighted by Gasteiger charge is -2.46. The lowest BCUT2D eigenvalue weighted by atomic mass is 9.57. The first-order valence-corrected chi connectivity index (χ1v) is 17.7. The van der Waals surface area contributed by atoms with E-state index in [-0.39, 0.29) is 61.1 Å². The molecule has 2 fully saturated rings. The summed E-state index contributed by atoms with van der Waals surface area (Å²) in [7, 11) is -4.58. The summed E-state index contributed by atoms with van der Waals surface area (Å²) in [5.74, 6) is -1.35. The van der Waals surface area contributed by atoms with Crippen LogP contribution in [0.25, 0.3) is 33.3 Å². The molecule has 3 unspecified atom stereocenters. The molecule has 0 spiro atoms. The van der Waals surface area contributed by atoms with Crippen molar-refractivity contribution in [3.63, 3.8) is 0 Å². The molecule has 11 heteroatoms. The van der Waals surface area contributed by atoms with E-state index in [1.54, 1.807) is 12.1 Å². The van der Waals surface area contributed by atoms with Gasteiger partial charge in [-0.3, -0.25) is 4.79 Å². The molecule has 2 aliphatic rings. The molecule has 1 heterocycles. The molecule has 252 valence electrons. The number of hydrogen-bond acceptors (Lipinski definition) is 5. The maximum atomic E-state index is 15.1. The van der Waals surface area contributed by atoms with E-state index in [0.29, 0.717) is 31.2 Å². The Balaban J connectivity index is 1.53. The Labute approximate surface area is 286 Å². The molecule has 0 saturated heterocycles. The highest BCUT2D eigenvalue weighted by Crippen LogP contribution is 2.55. The molecule has 0 amide bonds. The van der Waals surface area contributed by atoms with Crippen molar-refractivity contribution in [3.05, 3.63) is 113 Å². The molecule has 2 aliphatic carbocycles. The normalized spacial score (nSPS) is 20.4. The number of nitriles is 2. The summed E-state index contributed by atoms with van der Waals surface area (Å²) in [5, 5.41) is 30.6. The molecule has 7 nitrogen and oxygen atoms in total. The minimum absolute atomic E-state index is 0.000936. The van der Waals surface area contributed by atoms with Gasteiger partial charge in [-0.2, -0.15) is 10.5 Å². The van der Waals surface area contributed by atoms with E-state index in [2.05, 4.69) is 12.1 Å². The molecule has 1 aromatic heterocycles. The summed E-state index contributed by atoms with van der Waals surface area (Å²) >= 11 is 0. The fraction of sp³-hybridized carbons (Fsp3) is 0.256. The third-order valence-electron chi connectivity index (χ3n) is 10.5. The van der Waals surface area contributed by atoms with Crippen LogP contribution in [0.1, 0.15) is 73.1 Å². The van der Waals surface area contributed by atoms with Gasteiger partial charge in [0.25, 0.3) is 16.4 Å². The van der Waals surface area contributed by atoms with Gasteiger partial charge < -0.3 is 5.11 Å². The van der Waals surface area contributed by atoms with E-state index in [1.807, 2.05) is 12.1 Å². The number of carboxylic acid groups (broad SMARTS) is 1. The lowest BCUT2D eigenvalue weighted by Crippen LogP contribution is -2.42. The summed E-state index contributed by atoms with van der Waals surface area (Å²) in [5.41, 5.74) is 0.752. The Bertz CT molecular complexity index is 2340. The molecular weight excluding hydrogens is 664 g/mol. The van der Waals surface area contributed by atoms with Crippen LogP contribution in [0.4, 0.5) is 13.2 Å². The third kappa shape index (κ3) is 5.33. The molecule has 7 rings (SSSR count). The number of alkyl halides is 2. The quantitative estimate of drug-likeness (QED) is 0.181. The summed E-state index contributed by atoms with van der Waals surface area (Å²) in [6.45, 7) is 0. The maximum Gasteiger partial charge on any atom is 0.309 e. The van der Waals surface area contributed by atoms with Crippen molar-refractivity contribution < 1.29 is 31.5 Å². The van der Waals surface area contributed by atoms with Gasteiger partial charge >= 0.3 is 5.97 Å². The minimum atomic E-state index is -4.58. The number of carbonyl (C=O) groups is 1. The summed E-state index contributed by atoms with van der Waals surface area (Å²) < 4.78 is 72.4. The molecule has 5 aromatic rings. The van der Waals surface area contributed by atoms with Gasteiger partial charge in [0.05, 0.1) is 44.8 Å². The smallest absolute Gasteiger partial charge is 0.309 e. The number of halogens is 3. The second-order valence-electron chi connectivity index (χ2n) is 13.2. The Morgan fingerprint density at radius 2 is 1.60 bits per heavy atom. The number of nitrogens with zero attached hydrogens (tertiary/aromatic N) is 3. The van der Waals surface area contributed by atoms with Crippen molar-refractivity contribution in [2.45, 2.75) is 55.8 Å². The Morgan fingerprint density at radius 3 is 2.26 bits per heavy atom. The van der Waals surface area contributed by atoms with Crippen molar-refractivity contribution in [1.82, 2.24) is 3.97 Å². The van der Waals surface area contributed by atoms with Gasteiger partial charge in [0.15, 0.2) is 0 Å². The number of fused-ring (bicyclic) bond motifs is 3. The van der Waals surface area contributed by atoms with Gasteiger partial charge in [-0.25, -0.2) is 25.6 Å². The molecular formula is C39H30F3N3O4S. The van der Waals surface area contributed by atoms with Gasteiger partial charge in [-0.15, -0.1) is 0 Å². The van der Waals surface area contributed by atoms with Crippen LogP contribution in [0.2, 0.25) is 0 Å². The predicted molar refractivity (Wildman–Crippen MR) is 180 cm³/mol. The maximum absolute atomic E-state index is 15.1. The Kier molecular flexibility index (Phi) is 8.28.